The molecule has 22 heavy (non-hydrogen) atoms. The van der Waals surface area contributed by atoms with Crippen molar-refractivity contribution in [2.24, 2.45) is 5.10 Å². The molecule has 0 fully saturated rings. The largest absolute Gasteiger partial charge is 0.309 e. The summed E-state index contributed by atoms with van der Waals surface area (Å²) in [6, 6.07) is 9.96. The smallest absolute Gasteiger partial charge is 0.205 e. The summed E-state index contributed by atoms with van der Waals surface area (Å²) in [5.41, 5.74) is 5.20. The third-order valence-corrected chi connectivity index (χ3v) is 3.78. The molecular weight excluding hydrogens is 276 g/mol. The molecule has 1 aromatic heterocycles. The van der Waals surface area contributed by atoms with E-state index < -0.39 is 0 Å². The monoisotopic (exact) mass is 294 g/mol. The van der Waals surface area contributed by atoms with E-state index in [1.807, 2.05) is 35.8 Å². The molecule has 3 rings (SSSR count). The molecule has 0 spiro atoms. The van der Waals surface area contributed by atoms with Gasteiger partial charge in [0, 0.05) is 13.0 Å². The van der Waals surface area contributed by atoms with Gasteiger partial charge in [-0.3, -0.25) is 5.43 Å². The Bertz CT molecular complexity index is 720. The lowest BCUT2D eigenvalue weighted by molar-refractivity contribution is 0.628. The Morgan fingerprint density at radius 3 is 2.82 bits per heavy atom. The molecule has 0 amide bonds. The summed E-state index contributed by atoms with van der Waals surface area (Å²) in [5.74, 6) is 1.50. The first-order valence-corrected chi connectivity index (χ1v) is 7.51. The van der Waals surface area contributed by atoms with Crippen molar-refractivity contribution in [1.82, 2.24) is 14.8 Å². The fourth-order valence-electron chi connectivity index (χ4n) is 2.53. The number of aryl methyl sites for hydroxylation is 2. The molecule has 0 unspecified atom stereocenters. The molecule has 1 aliphatic rings. The molecule has 0 aliphatic carbocycles. The fourth-order valence-corrected chi connectivity index (χ4v) is 2.53. The Labute approximate surface area is 129 Å². The summed E-state index contributed by atoms with van der Waals surface area (Å²) in [5, 5.41) is 22.0. The van der Waals surface area contributed by atoms with E-state index in [9.17, 15) is 5.26 Å². The van der Waals surface area contributed by atoms with Crippen LogP contribution in [0.5, 0.6) is 0 Å². The minimum absolute atomic E-state index is 0.265. The number of hydrazone groups is 1. The van der Waals surface area contributed by atoms with Gasteiger partial charge in [0.2, 0.25) is 5.71 Å². The van der Waals surface area contributed by atoms with Crippen molar-refractivity contribution in [3.63, 3.8) is 0 Å². The molecule has 1 aromatic carbocycles. The Balaban J connectivity index is 1.85. The SMILES string of the molecule is Cc1ccc(N/N=C(/C#N)c2nnc3n2CCCCC3)cc1. The van der Waals surface area contributed by atoms with Crippen LogP contribution in [-0.2, 0) is 13.0 Å². The lowest BCUT2D eigenvalue weighted by Gasteiger charge is -2.06. The quantitative estimate of drug-likeness (QED) is 0.697. The summed E-state index contributed by atoms with van der Waals surface area (Å²) >= 11 is 0. The Kier molecular flexibility index (Phi) is 4.15. The molecule has 2 heterocycles. The number of aromatic nitrogens is 3. The zero-order valence-electron chi connectivity index (χ0n) is 12.6. The van der Waals surface area contributed by atoms with Crippen molar-refractivity contribution in [3.8, 4) is 6.07 Å². The van der Waals surface area contributed by atoms with Crippen molar-refractivity contribution >= 4 is 11.4 Å². The molecule has 112 valence electrons. The third kappa shape index (κ3) is 2.98. The maximum Gasteiger partial charge on any atom is 0.205 e. The number of anilines is 1. The van der Waals surface area contributed by atoms with Crippen LogP contribution in [0.3, 0.4) is 0 Å². The molecule has 1 aliphatic heterocycles. The standard InChI is InChI=1S/C16H18N6/c1-12-6-8-13(9-7-12)18-19-14(11-17)16-21-20-15-5-3-2-4-10-22(15)16/h6-9,18H,2-5,10H2,1H3/b19-14-. The van der Waals surface area contributed by atoms with Crippen LogP contribution < -0.4 is 5.43 Å². The second-order valence-electron chi connectivity index (χ2n) is 5.45. The normalized spacial score (nSPS) is 14.8. The summed E-state index contributed by atoms with van der Waals surface area (Å²) in [6.07, 6.45) is 4.31. The molecule has 0 saturated heterocycles. The first-order valence-electron chi connectivity index (χ1n) is 7.51. The summed E-state index contributed by atoms with van der Waals surface area (Å²) in [6.45, 7) is 2.88. The second-order valence-corrected chi connectivity index (χ2v) is 5.45. The van der Waals surface area contributed by atoms with Crippen LogP contribution in [0, 0.1) is 18.3 Å². The van der Waals surface area contributed by atoms with Gasteiger partial charge in [0.25, 0.3) is 0 Å². The highest BCUT2D eigenvalue weighted by Crippen LogP contribution is 2.15. The van der Waals surface area contributed by atoms with Crippen LogP contribution in [0.1, 0.15) is 36.5 Å². The predicted molar refractivity (Wildman–Crippen MR) is 84.5 cm³/mol. The van der Waals surface area contributed by atoms with E-state index in [1.165, 1.54) is 12.0 Å². The first kappa shape index (κ1) is 14.3. The molecule has 0 bridgehead atoms. The summed E-state index contributed by atoms with van der Waals surface area (Å²) in [4.78, 5) is 0. The Morgan fingerprint density at radius 2 is 2.05 bits per heavy atom. The van der Waals surface area contributed by atoms with Gasteiger partial charge in [-0.2, -0.15) is 10.4 Å². The number of benzene rings is 1. The van der Waals surface area contributed by atoms with Crippen molar-refractivity contribution in [3.05, 3.63) is 41.5 Å². The topological polar surface area (TPSA) is 78.9 Å². The Hall–Kier alpha value is -2.68. The van der Waals surface area contributed by atoms with Crippen LogP contribution in [0.4, 0.5) is 5.69 Å². The molecule has 2 aromatic rings. The zero-order chi connectivity index (χ0) is 15.4. The van der Waals surface area contributed by atoms with E-state index in [0.29, 0.717) is 5.82 Å². The van der Waals surface area contributed by atoms with Crippen LogP contribution in [-0.4, -0.2) is 20.5 Å². The van der Waals surface area contributed by atoms with Gasteiger partial charge >= 0.3 is 0 Å². The second kappa shape index (κ2) is 6.39. The van der Waals surface area contributed by atoms with Crippen LogP contribution in [0.15, 0.2) is 29.4 Å². The summed E-state index contributed by atoms with van der Waals surface area (Å²) in [7, 11) is 0. The van der Waals surface area contributed by atoms with Crippen molar-refractivity contribution < 1.29 is 0 Å². The number of hydrogen-bond donors (Lipinski definition) is 1. The maximum absolute atomic E-state index is 9.39. The van der Waals surface area contributed by atoms with E-state index in [2.05, 4.69) is 26.8 Å². The molecule has 1 N–H and O–H groups in total. The molecule has 0 radical (unpaired) electrons. The van der Waals surface area contributed by atoms with Crippen LogP contribution in [0.25, 0.3) is 0 Å². The average molecular weight is 294 g/mol. The molecule has 0 saturated carbocycles. The van der Waals surface area contributed by atoms with E-state index in [-0.39, 0.29) is 5.71 Å². The van der Waals surface area contributed by atoms with Crippen LogP contribution in [0.2, 0.25) is 0 Å². The predicted octanol–water partition coefficient (Wildman–Crippen LogP) is 2.65. The number of nitrogens with one attached hydrogen (secondary N) is 1. The molecule has 0 atom stereocenters. The van der Waals surface area contributed by atoms with E-state index in [4.69, 9.17) is 0 Å². The lowest BCUT2D eigenvalue weighted by Crippen LogP contribution is -2.12. The lowest BCUT2D eigenvalue weighted by atomic mass is 10.2. The van der Waals surface area contributed by atoms with E-state index in [1.54, 1.807) is 0 Å². The van der Waals surface area contributed by atoms with Gasteiger partial charge in [-0.15, -0.1) is 10.2 Å². The molecule has 6 heteroatoms. The van der Waals surface area contributed by atoms with Crippen LogP contribution >= 0.6 is 0 Å². The van der Waals surface area contributed by atoms with Crippen molar-refractivity contribution in [2.75, 3.05) is 5.43 Å². The fraction of sp³-hybridized carbons (Fsp3) is 0.375. The average Bonchev–Trinajstić information content (AvgIpc) is 2.79. The number of fused-ring (bicyclic) bond motifs is 1. The number of nitrogens with zero attached hydrogens (tertiary/aromatic N) is 5. The highest BCUT2D eigenvalue weighted by Gasteiger charge is 2.18. The minimum atomic E-state index is 0.265. The molecule has 6 nitrogen and oxygen atoms in total. The van der Waals surface area contributed by atoms with Gasteiger partial charge in [0.1, 0.15) is 11.9 Å². The first-order chi connectivity index (χ1) is 10.8. The Morgan fingerprint density at radius 1 is 1.23 bits per heavy atom. The molecular formula is C16H18N6. The third-order valence-electron chi connectivity index (χ3n) is 3.78. The van der Waals surface area contributed by atoms with Crippen molar-refractivity contribution in [2.45, 2.75) is 39.2 Å². The summed E-state index contributed by atoms with van der Waals surface area (Å²) < 4.78 is 2.02. The van der Waals surface area contributed by atoms with Gasteiger partial charge in [-0.25, -0.2) is 0 Å². The minimum Gasteiger partial charge on any atom is -0.309 e. The van der Waals surface area contributed by atoms with Gasteiger partial charge < -0.3 is 4.57 Å². The van der Waals surface area contributed by atoms with Crippen molar-refractivity contribution in [1.29, 1.82) is 5.26 Å². The van der Waals surface area contributed by atoms with E-state index >= 15 is 0 Å². The highest BCUT2D eigenvalue weighted by atomic mass is 15.3. The zero-order valence-corrected chi connectivity index (χ0v) is 12.6. The van der Waals surface area contributed by atoms with E-state index in [0.717, 1.165) is 37.3 Å². The van der Waals surface area contributed by atoms with Gasteiger partial charge in [0.05, 0.1) is 5.69 Å². The number of nitriles is 1. The number of rotatable bonds is 3. The maximum atomic E-state index is 9.39. The number of hydrogen-bond acceptors (Lipinski definition) is 5. The van der Waals surface area contributed by atoms with Gasteiger partial charge in [0.15, 0.2) is 5.82 Å². The highest BCUT2D eigenvalue weighted by molar-refractivity contribution is 6.09. The van der Waals surface area contributed by atoms with Gasteiger partial charge in [-0.1, -0.05) is 24.1 Å². The van der Waals surface area contributed by atoms with Gasteiger partial charge in [-0.05, 0) is 31.9 Å².